The third-order valence-corrected chi connectivity index (χ3v) is 5.31. The fraction of sp³-hybridized carbons (Fsp3) is 0.667. The van der Waals surface area contributed by atoms with Crippen molar-refractivity contribution in [3.8, 4) is 0 Å². The normalized spacial score (nSPS) is 21.6. The van der Waals surface area contributed by atoms with Gasteiger partial charge in [0.05, 0.1) is 5.88 Å². The molecule has 1 unspecified atom stereocenters. The molecule has 6 heteroatoms. The van der Waals surface area contributed by atoms with Gasteiger partial charge in [0, 0.05) is 13.1 Å². The summed E-state index contributed by atoms with van der Waals surface area (Å²) in [6.07, 6.45) is 3.11. The van der Waals surface area contributed by atoms with Gasteiger partial charge in [-0.1, -0.05) is 13.3 Å². The van der Waals surface area contributed by atoms with Crippen LogP contribution in [0.1, 0.15) is 31.9 Å². The molecule has 1 aromatic rings. The Morgan fingerprint density at radius 2 is 2.28 bits per heavy atom. The van der Waals surface area contributed by atoms with Gasteiger partial charge in [-0.25, -0.2) is 8.42 Å². The Morgan fingerprint density at radius 3 is 2.89 bits per heavy atom. The molecule has 1 atom stereocenters. The van der Waals surface area contributed by atoms with Crippen LogP contribution in [0.2, 0.25) is 0 Å². The molecule has 1 aliphatic heterocycles. The van der Waals surface area contributed by atoms with E-state index in [9.17, 15) is 8.42 Å². The number of hydrogen-bond acceptors (Lipinski definition) is 3. The van der Waals surface area contributed by atoms with E-state index in [-0.39, 0.29) is 11.0 Å². The molecule has 1 fully saturated rings. The van der Waals surface area contributed by atoms with Gasteiger partial charge in [-0.05, 0) is 30.9 Å². The van der Waals surface area contributed by atoms with Crippen molar-refractivity contribution < 1.29 is 12.8 Å². The Hall–Kier alpha value is -0.520. The van der Waals surface area contributed by atoms with Crippen LogP contribution in [0.25, 0.3) is 0 Å². The second kappa shape index (κ2) is 5.63. The first-order chi connectivity index (χ1) is 8.57. The molecule has 2 rings (SSSR count). The number of nitrogens with zero attached hydrogens (tertiary/aromatic N) is 1. The molecule has 0 aliphatic carbocycles. The number of hydrogen-bond donors (Lipinski definition) is 0. The third-order valence-electron chi connectivity index (χ3n) is 3.31. The van der Waals surface area contributed by atoms with Crippen LogP contribution in [0.4, 0.5) is 0 Å². The topological polar surface area (TPSA) is 50.5 Å². The van der Waals surface area contributed by atoms with E-state index < -0.39 is 10.0 Å². The van der Waals surface area contributed by atoms with E-state index >= 15 is 0 Å². The number of alkyl halides is 1. The molecule has 0 amide bonds. The maximum Gasteiger partial charge on any atom is 0.276 e. The van der Waals surface area contributed by atoms with Crippen LogP contribution in [-0.4, -0.2) is 25.8 Å². The molecule has 4 nitrogen and oxygen atoms in total. The van der Waals surface area contributed by atoms with Gasteiger partial charge in [0.2, 0.25) is 5.09 Å². The highest BCUT2D eigenvalue weighted by Crippen LogP contribution is 2.27. The summed E-state index contributed by atoms with van der Waals surface area (Å²) in [7, 11) is -3.47. The summed E-state index contributed by atoms with van der Waals surface area (Å²) >= 11 is 5.61. The van der Waals surface area contributed by atoms with Gasteiger partial charge < -0.3 is 4.42 Å². The molecular weight excluding hydrogens is 274 g/mol. The molecule has 1 aliphatic rings. The van der Waals surface area contributed by atoms with Crippen LogP contribution in [0.5, 0.6) is 0 Å². The van der Waals surface area contributed by atoms with Crippen LogP contribution in [0, 0.1) is 5.92 Å². The Morgan fingerprint density at radius 1 is 1.50 bits per heavy atom. The van der Waals surface area contributed by atoms with Crippen LogP contribution in [0.3, 0.4) is 0 Å². The van der Waals surface area contributed by atoms with Gasteiger partial charge in [0.15, 0.2) is 0 Å². The molecule has 0 radical (unpaired) electrons. The molecule has 0 bridgehead atoms. The first-order valence-electron chi connectivity index (χ1n) is 6.22. The summed E-state index contributed by atoms with van der Waals surface area (Å²) in [5.74, 6) is 1.15. The van der Waals surface area contributed by atoms with Crippen molar-refractivity contribution in [2.45, 2.75) is 37.2 Å². The molecule has 1 saturated heterocycles. The molecule has 1 aromatic heterocycles. The molecular formula is C12H18ClNO3S. The Bertz CT molecular complexity index is 497. The van der Waals surface area contributed by atoms with Crippen LogP contribution in [-0.2, 0) is 15.9 Å². The van der Waals surface area contributed by atoms with Crippen molar-refractivity contribution >= 4 is 21.6 Å². The van der Waals surface area contributed by atoms with Crippen molar-refractivity contribution in [2.75, 3.05) is 13.1 Å². The summed E-state index contributed by atoms with van der Waals surface area (Å²) in [5.41, 5.74) is 0. The van der Waals surface area contributed by atoms with Gasteiger partial charge in [-0.2, -0.15) is 4.31 Å². The Balaban J connectivity index is 2.12. The summed E-state index contributed by atoms with van der Waals surface area (Å²) < 4.78 is 31.4. The van der Waals surface area contributed by atoms with E-state index in [1.165, 1.54) is 10.4 Å². The minimum absolute atomic E-state index is 0.00954. The van der Waals surface area contributed by atoms with E-state index in [1.54, 1.807) is 6.07 Å². The van der Waals surface area contributed by atoms with E-state index in [1.807, 2.05) is 0 Å². The number of halogens is 1. The number of furan rings is 1. The summed E-state index contributed by atoms with van der Waals surface area (Å²) in [6.45, 7) is 3.31. The third kappa shape index (κ3) is 2.73. The lowest BCUT2D eigenvalue weighted by atomic mass is 10.0. The SMILES string of the molecule is CCCC1CCN(S(=O)(=O)c2ccc(CCl)o2)C1. The van der Waals surface area contributed by atoms with E-state index in [4.69, 9.17) is 16.0 Å². The van der Waals surface area contributed by atoms with Crippen molar-refractivity contribution in [3.63, 3.8) is 0 Å². The molecule has 0 N–H and O–H groups in total. The maximum absolute atomic E-state index is 12.3. The van der Waals surface area contributed by atoms with Crippen molar-refractivity contribution in [1.82, 2.24) is 4.31 Å². The predicted molar refractivity (Wildman–Crippen MR) is 70.0 cm³/mol. The first-order valence-corrected chi connectivity index (χ1v) is 8.20. The summed E-state index contributed by atoms with van der Waals surface area (Å²) in [4.78, 5) is 0. The van der Waals surface area contributed by atoms with E-state index in [0.717, 1.165) is 19.3 Å². The maximum atomic E-state index is 12.3. The van der Waals surface area contributed by atoms with Crippen molar-refractivity contribution in [2.24, 2.45) is 5.92 Å². The van der Waals surface area contributed by atoms with E-state index in [0.29, 0.717) is 24.8 Å². The Kier molecular flexibility index (Phi) is 4.35. The Labute approximate surface area is 113 Å². The average molecular weight is 292 g/mol. The standard InChI is InChI=1S/C12H18ClNO3S/c1-2-3-10-6-7-14(9-10)18(15,16)12-5-4-11(8-13)17-12/h4-5,10H,2-3,6-9H2,1H3. The van der Waals surface area contributed by atoms with Crippen LogP contribution >= 0.6 is 11.6 Å². The fourth-order valence-corrected chi connectivity index (χ4v) is 3.96. The summed E-state index contributed by atoms with van der Waals surface area (Å²) in [6, 6.07) is 3.10. The smallest absolute Gasteiger partial charge is 0.276 e. The fourth-order valence-electron chi connectivity index (χ4n) is 2.36. The highest BCUT2D eigenvalue weighted by Gasteiger charge is 2.33. The van der Waals surface area contributed by atoms with Gasteiger partial charge in [0.25, 0.3) is 10.0 Å². The molecule has 0 aromatic carbocycles. The van der Waals surface area contributed by atoms with Gasteiger partial charge in [-0.15, -0.1) is 11.6 Å². The van der Waals surface area contributed by atoms with Crippen LogP contribution < -0.4 is 0 Å². The summed E-state index contributed by atoms with van der Waals surface area (Å²) in [5, 5.41) is 0.00954. The number of rotatable bonds is 5. The highest BCUT2D eigenvalue weighted by atomic mass is 35.5. The monoisotopic (exact) mass is 291 g/mol. The van der Waals surface area contributed by atoms with Crippen molar-refractivity contribution in [3.05, 3.63) is 17.9 Å². The van der Waals surface area contributed by atoms with Crippen molar-refractivity contribution in [1.29, 1.82) is 0 Å². The van der Waals surface area contributed by atoms with Gasteiger partial charge in [0.1, 0.15) is 5.76 Å². The molecule has 0 saturated carbocycles. The van der Waals surface area contributed by atoms with Gasteiger partial charge >= 0.3 is 0 Å². The van der Waals surface area contributed by atoms with E-state index in [2.05, 4.69) is 6.92 Å². The zero-order chi connectivity index (χ0) is 13.2. The second-order valence-corrected chi connectivity index (χ2v) is 6.80. The average Bonchev–Trinajstić information content (AvgIpc) is 2.98. The quantitative estimate of drug-likeness (QED) is 0.784. The molecule has 18 heavy (non-hydrogen) atoms. The zero-order valence-electron chi connectivity index (χ0n) is 10.4. The minimum Gasteiger partial charge on any atom is -0.447 e. The zero-order valence-corrected chi connectivity index (χ0v) is 12.0. The lowest BCUT2D eigenvalue weighted by Crippen LogP contribution is -2.28. The highest BCUT2D eigenvalue weighted by molar-refractivity contribution is 7.89. The molecule has 0 spiro atoms. The largest absolute Gasteiger partial charge is 0.447 e. The molecule has 102 valence electrons. The predicted octanol–water partition coefficient (Wildman–Crippen LogP) is 2.83. The van der Waals surface area contributed by atoms with Gasteiger partial charge in [-0.3, -0.25) is 0 Å². The number of sulfonamides is 1. The van der Waals surface area contributed by atoms with Crippen LogP contribution in [0.15, 0.2) is 21.6 Å². The lowest BCUT2D eigenvalue weighted by molar-refractivity contribution is 0.389. The molecule has 2 heterocycles. The minimum atomic E-state index is -3.47. The lowest BCUT2D eigenvalue weighted by Gasteiger charge is -2.14. The second-order valence-electron chi connectivity index (χ2n) is 4.66. The first kappa shape index (κ1) is 13.9.